The topological polar surface area (TPSA) is 49.8 Å². The molecule has 0 aromatic heterocycles. The number of nitrogens with two attached hydrogens (primary N) is 1. The maximum atomic E-state index is 8.39. The van der Waals surface area contributed by atoms with Gasteiger partial charge in [0.15, 0.2) is 0 Å². The summed E-state index contributed by atoms with van der Waals surface area (Å²) in [5.74, 6) is 0. The zero-order valence-corrected chi connectivity index (χ0v) is 8.14. The summed E-state index contributed by atoms with van der Waals surface area (Å²) in [6.45, 7) is 0. The molecule has 3 heteroatoms. The number of nitriles is 1. The van der Waals surface area contributed by atoms with Gasteiger partial charge in [-0.1, -0.05) is 12.1 Å². The average molecular weight is 190 g/mol. The molecule has 0 saturated heterocycles. The molecule has 0 unspecified atom stereocenters. The molecule has 2 nitrogen and oxygen atoms in total. The van der Waals surface area contributed by atoms with Gasteiger partial charge in [-0.3, -0.25) is 0 Å². The van der Waals surface area contributed by atoms with E-state index in [1.165, 1.54) is 11.0 Å². The number of hydrogen-bond acceptors (Lipinski definition) is 3. The molecule has 0 atom stereocenters. The van der Waals surface area contributed by atoms with Crippen LogP contribution in [0.25, 0.3) is 5.70 Å². The number of benzene rings is 1. The van der Waals surface area contributed by atoms with Gasteiger partial charge in [-0.25, -0.2) is 0 Å². The van der Waals surface area contributed by atoms with Gasteiger partial charge in [-0.2, -0.15) is 5.26 Å². The highest BCUT2D eigenvalue weighted by Crippen LogP contribution is 2.17. The maximum absolute atomic E-state index is 8.39. The summed E-state index contributed by atoms with van der Waals surface area (Å²) in [6, 6.07) is 9.69. The fourth-order valence-corrected chi connectivity index (χ4v) is 1.34. The second-order valence-corrected chi connectivity index (χ2v) is 3.34. The molecule has 0 aliphatic rings. The van der Waals surface area contributed by atoms with E-state index in [2.05, 4.69) is 0 Å². The van der Waals surface area contributed by atoms with Crippen LogP contribution in [0.1, 0.15) is 5.56 Å². The van der Waals surface area contributed by atoms with Crippen molar-refractivity contribution in [3.05, 3.63) is 35.9 Å². The van der Waals surface area contributed by atoms with Crippen LogP contribution in [0.5, 0.6) is 0 Å². The number of thioether (sulfide) groups is 1. The molecule has 0 fully saturated rings. The standard InChI is InChI=1S/C10H10N2S/c1-13-9-4-2-8(3-5-9)10(12)6-7-11/h2-6H,12H2,1H3. The number of nitrogens with zero attached hydrogens (tertiary/aromatic N) is 1. The molecule has 0 spiro atoms. The minimum absolute atomic E-state index is 0.509. The summed E-state index contributed by atoms with van der Waals surface area (Å²) in [5.41, 5.74) is 7.03. The Morgan fingerprint density at radius 3 is 2.54 bits per heavy atom. The second-order valence-electron chi connectivity index (χ2n) is 2.46. The Morgan fingerprint density at radius 2 is 2.08 bits per heavy atom. The third-order valence-corrected chi connectivity index (χ3v) is 2.39. The SMILES string of the molecule is CSc1ccc(C(N)=CC#N)cc1. The molecule has 2 N–H and O–H groups in total. The highest BCUT2D eigenvalue weighted by molar-refractivity contribution is 7.98. The lowest BCUT2D eigenvalue weighted by atomic mass is 10.1. The molecular formula is C10H10N2S. The van der Waals surface area contributed by atoms with Gasteiger partial charge in [0.2, 0.25) is 0 Å². The van der Waals surface area contributed by atoms with E-state index in [-0.39, 0.29) is 0 Å². The van der Waals surface area contributed by atoms with Crippen molar-refractivity contribution in [2.24, 2.45) is 5.73 Å². The fraction of sp³-hybridized carbons (Fsp3) is 0.100. The van der Waals surface area contributed by atoms with Crippen LogP contribution in [-0.2, 0) is 0 Å². The first-order chi connectivity index (χ1) is 6.27. The molecule has 0 bridgehead atoms. The Morgan fingerprint density at radius 1 is 1.46 bits per heavy atom. The van der Waals surface area contributed by atoms with Crippen molar-refractivity contribution >= 4 is 17.5 Å². The molecule has 0 aliphatic carbocycles. The molecule has 0 saturated carbocycles. The summed E-state index contributed by atoms with van der Waals surface area (Å²) in [5, 5.41) is 8.39. The summed E-state index contributed by atoms with van der Waals surface area (Å²) in [4.78, 5) is 1.19. The smallest absolute Gasteiger partial charge is 0.0933 e. The van der Waals surface area contributed by atoms with Crippen LogP contribution < -0.4 is 5.73 Å². The first kappa shape index (κ1) is 9.69. The van der Waals surface area contributed by atoms with Crippen LogP contribution in [0.2, 0.25) is 0 Å². The van der Waals surface area contributed by atoms with Gasteiger partial charge in [0.1, 0.15) is 0 Å². The zero-order chi connectivity index (χ0) is 9.68. The predicted octanol–water partition coefficient (Wildman–Crippen LogP) is 2.23. The minimum Gasteiger partial charge on any atom is -0.398 e. The lowest BCUT2D eigenvalue weighted by molar-refractivity contribution is 1.41. The van der Waals surface area contributed by atoms with E-state index >= 15 is 0 Å². The summed E-state index contributed by atoms with van der Waals surface area (Å²) in [6.07, 6.45) is 3.36. The van der Waals surface area contributed by atoms with Crippen LogP contribution in [0.3, 0.4) is 0 Å². The summed E-state index contributed by atoms with van der Waals surface area (Å²) < 4.78 is 0. The predicted molar refractivity (Wildman–Crippen MR) is 56.0 cm³/mol. The van der Waals surface area contributed by atoms with Crippen LogP contribution in [0.4, 0.5) is 0 Å². The van der Waals surface area contributed by atoms with Crippen molar-refractivity contribution in [2.45, 2.75) is 4.90 Å². The third kappa shape index (κ3) is 2.53. The molecule has 0 amide bonds. The van der Waals surface area contributed by atoms with Crippen LogP contribution in [0, 0.1) is 11.3 Å². The van der Waals surface area contributed by atoms with Crippen LogP contribution in [0.15, 0.2) is 35.2 Å². The Hall–Kier alpha value is -1.40. The van der Waals surface area contributed by atoms with E-state index in [0.717, 1.165) is 5.56 Å². The van der Waals surface area contributed by atoms with E-state index in [4.69, 9.17) is 11.0 Å². The minimum atomic E-state index is 0.509. The Labute approximate surface area is 82.1 Å². The van der Waals surface area contributed by atoms with Crippen molar-refractivity contribution in [3.63, 3.8) is 0 Å². The van der Waals surface area contributed by atoms with Crippen molar-refractivity contribution in [1.82, 2.24) is 0 Å². The third-order valence-electron chi connectivity index (χ3n) is 1.64. The molecule has 1 aromatic carbocycles. The lowest BCUT2D eigenvalue weighted by Crippen LogP contribution is -1.94. The van der Waals surface area contributed by atoms with Gasteiger partial charge in [0.25, 0.3) is 0 Å². The van der Waals surface area contributed by atoms with E-state index in [1.54, 1.807) is 11.8 Å². The highest BCUT2D eigenvalue weighted by Gasteiger charge is 1.95. The van der Waals surface area contributed by atoms with Gasteiger partial charge >= 0.3 is 0 Å². The molecule has 0 heterocycles. The van der Waals surface area contributed by atoms with Crippen molar-refractivity contribution in [3.8, 4) is 6.07 Å². The lowest BCUT2D eigenvalue weighted by Gasteiger charge is -2.00. The Balaban J connectivity index is 2.94. The van der Waals surface area contributed by atoms with Crippen molar-refractivity contribution in [1.29, 1.82) is 5.26 Å². The van der Waals surface area contributed by atoms with Gasteiger partial charge < -0.3 is 5.73 Å². The van der Waals surface area contributed by atoms with Gasteiger partial charge in [-0.15, -0.1) is 11.8 Å². The summed E-state index contributed by atoms with van der Waals surface area (Å²) in [7, 11) is 0. The second kappa shape index (κ2) is 4.58. The quantitative estimate of drug-likeness (QED) is 0.574. The number of allylic oxidation sites excluding steroid dienone is 1. The highest BCUT2D eigenvalue weighted by atomic mass is 32.2. The Kier molecular flexibility index (Phi) is 3.41. The summed E-state index contributed by atoms with van der Waals surface area (Å²) >= 11 is 1.68. The molecular weight excluding hydrogens is 180 g/mol. The van der Waals surface area contributed by atoms with E-state index in [1.807, 2.05) is 36.6 Å². The van der Waals surface area contributed by atoms with Gasteiger partial charge in [0, 0.05) is 16.7 Å². The molecule has 0 radical (unpaired) electrons. The Bertz CT molecular complexity index is 346. The van der Waals surface area contributed by atoms with E-state index in [9.17, 15) is 0 Å². The first-order valence-corrected chi connectivity index (χ1v) is 5.00. The van der Waals surface area contributed by atoms with E-state index < -0.39 is 0 Å². The normalized spacial score (nSPS) is 10.9. The van der Waals surface area contributed by atoms with Gasteiger partial charge in [0.05, 0.1) is 6.07 Å². The molecule has 66 valence electrons. The van der Waals surface area contributed by atoms with Gasteiger partial charge in [-0.05, 0) is 24.0 Å². The molecule has 0 aliphatic heterocycles. The molecule has 1 rings (SSSR count). The molecule has 13 heavy (non-hydrogen) atoms. The van der Waals surface area contributed by atoms with Crippen molar-refractivity contribution < 1.29 is 0 Å². The van der Waals surface area contributed by atoms with Crippen molar-refractivity contribution in [2.75, 3.05) is 6.26 Å². The van der Waals surface area contributed by atoms with E-state index in [0.29, 0.717) is 5.70 Å². The number of rotatable bonds is 2. The van der Waals surface area contributed by atoms with Crippen LogP contribution >= 0.6 is 11.8 Å². The first-order valence-electron chi connectivity index (χ1n) is 3.77. The fourth-order valence-electron chi connectivity index (χ4n) is 0.936. The average Bonchev–Trinajstić information content (AvgIpc) is 2.18. The number of hydrogen-bond donors (Lipinski definition) is 1. The molecule has 1 aromatic rings. The monoisotopic (exact) mass is 190 g/mol. The zero-order valence-electron chi connectivity index (χ0n) is 7.32. The largest absolute Gasteiger partial charge is 0.398 e. The maximum Gasteiger partial charge on any atom is 0.0933 e. The van der Waals surface area contributed by atoms with Crippen LogP contribution in [-0.4, -0.2) is 6.26 Å².